The molecule has 2 aromatic heterocycles. The summed E-state index contributed by atoms with van der Waals surface area (Å²) in [5.41, 5.74) is 1.99. The van der Waals surface area contributed by atoms with E-state index in [9.17, 15) is 19.2 Å². The minimum atomic E-state index is -0.239. The predicted octanol–water partition coefficient (Wildman–Crippen LogP) is 5.88. The first-order chi connectivity index (χ1) is 22.0. The maximum atomic E-state index is 13.4. The number of nitrogens with zero attached hydrogens (tertiary/aromatic N) is 2. The second-order valence-electron chi connectivity index (χ2n) is 11.3. The van der Waals surface area contributed by atoms with Gasteiger partial charge in [-0.15, -0.1) is 22.7 Å². The third-order valence-corrected chi connectivity index (χ3v) is 11.0. The maximum Gasteiger partial charge on any atom is 0.262 e. The maximum absolute atomic E-state index is 13.4. The van der Waals surface area contributed by atoms with E-state index in [1.165, 1.54) is 9.80 Å². The van der Waals surface area contributed by atoms with Crippen LogP contribution in [0.25, 0.3) is 40.3 Å². The number of thiophene rings is 2. The summed E-state index contributed by atoms with van der Waals surface area (Å²) >= 11 is 3.27. The normalized spacial score (nSPS) is 14.7. The van der Waals surface area contributed by atoms with Crippen molar-refractivity contribution in [3.63, 3.8) is 0 Å². The first kappa shape index (κ1) is 28.0. The van der Waals surface area contributed by atoms with Gasteiger partial charge in [-0.2, -0.15) is 0 Å². The zero-order valence-electron chi connectivity index (χ0n) is 24.2. The average molecular weight is 633 g/mol. The number of fused-ring (bicyclic) bond motifs is 10. The zero-order valence-corrected chi connectivity index (χ0v) is 25.9. The van der Waals surface area contributed by atoms with Crippen LogP contribution < -0.4 is 10.6 Å². The summed E-state index contributed by atoms with van der Waals surface area (Å²) in [7, 11) is 0. The minimum absolute atomic E-state index is 0.228. The van der Waals surface area contributed by atoms with E-state index >= 15 is 0 Å². The van der Waals surface area contributed by atoms with E-state index in [1.807, 2.05) is 60.7 Å². The summed E-state index contributed by atoms with van der Waals surface area (Å²) in [5.74, 6) is -0.934. The van der Waals surface area contributed by atoms with Gasteiger partial charge in [-0.1, -0.05) is 36.4 Å². The van der Waals surface area contributed by atoms with Gasteiger partial charge in [-0.05, 0) is 55.9 Å². The lowest BCUT2D eigenvalue weighted by Crippen LogP contribution is -2.38. The smallest absolute Gasteiger partial charge is 0.262 e. The molecule has 4 amide bonds. The standard InChI is InChI=1S/C35H28N4O4S2/c40-32-22-10-12-26-28(20-6-1-3-8-24(20)44-26)30(22)34(42)38(32)18-16-36-14-5-15-37-17-19-39-33(41)23-11-13-27-29(31(23)35(39)43)21-7-2-4-9-25(21)45-27/h1-4,6-13,36-37H,5,14-19H2. The highest BCUT2D eigenvalue weighted by molar-refractivity contribution is 7.26. The van der Waals surface area contributed by atoms with Crippen molar-refractivity contribution in [1.29, 1.82) is 0 Å². The molecule has 2 aliphatic rings. The Morgan fingerprint density at radius 3 is 1.40 bits per heavy atom. The molecule has 10 heteroatoms. The Kier molecular flexibility index (Phi) is 6.94. The fourth-order valence-electron chi connectivity index (χ4n) is 6.56. The number of amides is 4. The van der Waals surface area contributed by atoms with Crippen LogP contribution in [0.5, 0.6) is 0 Å². The quantitative estimate of drug-likeness (QED) is 0.145. The van der Waals surface area contributed by atoms with Gasteiger partial charge in [0.2, 0.25) is 0 Å². The summed E-state index contributed by atoms with van der Waals surface area (Å²) in [6, 6.07) is 23.4. The van der Waals surface area contributed by atoms with Gasteiger partial charge in [-0.25, -0.2) is 0 Å². The predicted molar refractivity (Wildman–Crippen MR) is 180 cm³/mol. The van der Waals surface area contributed by atoms with Gasteiger partial charge < -0.3 is 10.6 Å². The monoisotopic (exact) mass is 632 g/mol. The number of rotatable bonds is 10. The molecule has 2 aliphatic heterocycles. The molecule has 8 nitrogen and oxygen atoms in total. The largest absolute Gasteiger partial charge is 0.315 e. The molecule has 2 N–H and O–H groups in total. The van der Waals surface area contributed by atoms with E-state index in [0.717, 1.165) is 46.8 Å². The Hall–Kier alpha value is -4.48. The Labute approximate surface area is 266 Å². The Morgan fingerprint density at radius 2 is 0.933 bits per heavy atom. The van der Waals surface area contributed by atoms with Crippen molar-refractivity contribution in [1.82, 2.24) is 20.4 Å². The van der Waals surface area contributed by atoms with E-state index in [0.29, 0.717) is 61.5 Å². The summed E-state index contributed by atoms with van der Waals surface area (Å²) in [5, 5.41) is 10.4. The van der Waals surface area contributed by atoms with Crippen molar-refractivity contribution in [2.24, 2.45) is 0 Å². The third-order valence-electron chi connectivity index (χ3n) is 8.69. The first-order valence-corrected chi connectivity index (χ1v) is 16.7. The van der Waals surface area contributed by atoms with Crippen LogP contribution in [-0.4, -0.2) is 72.7 Å². The van der Waals surface area contributed by atoms with Crippen LogP contribution in [0.4, 0.5) is 0 Å². The molecule has 0 atom stereocenters. The number of nitrogens with one attached hydrogen (secondary N) is 2. The minimum Gasteiger partial charge on any atom is -0.315 e. The van der Waals surface area contributed by atoms with E-state index in [1.54, 1.807) is 34.8 Å². The summed E-state index contributed by atoms with van der Waals surface area (Å²) in [4.78, 5) is 55.6. The van der Waals surface area contributed by atoms with Crippen molar-refractivity contribution in [3.05, 3.63) is 95.1 Å². The molecule has 45 heavy (non-hydrogen) atoms. The first-order valence-electron chi connectivity index (χ1n) is 15.1. The van der Waals surface area contributed by atoms with Crippen molar-refractivity contribution < 1.29 is 19.2 Å². The molecule has 0 bridgehead atoms. The summed E-state index contributed by atoms with van der Waals surface area (Å²) in [6.07, 6.45) is 0.813. The van der Waals surface area contributed by atoms with Crippen LogP contribution in [0.2, 0.25) is 0 Å². The van der Waals surface area contributed by atoms with E-state index in [-0.39, 0.29) is 23.6 Å². The van der Waals surface area contributed by atoms with Gasteiger partial charge in [0.25, 0.3) is 23.6 Å². The zero-order chi connectivity index (χ0) is 30.7. The van der Waals surface area contributed by atoms with Crippen LogP contribution in [0.1, 0.15) is 47.9 Å². The molecule has 0 radical (unpaired) electrons. The van der Waals surface area contributed by atoms with Crippen LogP contribution in [0.15, 0.2) is 72.8 Å². The molecule has 0 spiro atoms. The van der Waals surface area contributed by atoms with E-state index in [2.05, 4.69) is 10.6 Å². The van der Waals surface area contributed by atoms with Crippen molar-refractivity contribution in [3.8, 4) is 0 Å². The topological polar surface area (TPSA) is 98.8 Å². The Balaban J connectivity index is 0.811. The van der Waals surface area contributed by atoms with Gasteiger partial charge in [0.15, 0.2) is 0 Å². The second kappa shape index (κ2) is 11.1. The van der Waals surface area contributed by atoms with Gasteiger partial charge in [0.05, 0.1) is 22.3 Å². The fourth-order valence-corrected chi connectivity index (χ4v) is 8.78. The van der Waals surface area contributed by atoms with Gasteiger partial charge in [0, 0.05) is 66.5 Å². The van der Waals surface area contributed by atoms with Crippen molar-refractivity contribution in [2.75, 3.05) is 39.3 Å². The molecular formula is C35H28N4O4S2. The highest BCUT2D eigenvalue weighted by Gasteiger charge is 2.38. The molecule has 4 heterocycles. The SMILES string of the molecule is O=C1c2ccc3sc4ccccc4c3c2C(=O)N1CCNCCCNCCN1C(=O)c2ccc3sc4ccccc4c3c2C1=O. The van der Waals surface area contributed by atoms with E-state index < -0.39 is 0 Å². The lowest BCUT2D eigenvalue weighted by molar-refractivity contribution is 0.0641. The number of imide groups is 2. The molecule has 0 unspecified atom stereocenters. The number of carbonyl (C=O) groups excluding carboxylic acids is 4. The Bertz CT molecular complexity index is 2060. The summed E-state index contributed by atoms with van der Waals surface area (Å²) < 4.78 is 4.24. The molecule has 224 valence electrons. The highest BCUT2D eigenvalue weighted by Crippen LogP contribution is 2.41. The third kappa shape index (κ3) is 4.47. The average Bonchev–Trinajstić information content (AvgIpc) is 3.76. The highest BCUT2D eigenvalue weighted by atomic mass is 32.1. The lowest BCUT2D eigenvalue weighted by Gasteiger charge is -2.15. The van der Waals surface area contributed by atoms with Crippen molar-refractivity contribution in [2.45, 2.75) is 6.42 Å². The molecule has 8 rings (SSSR count). The molecule has 0 saturated heterocycles. The molecule has 0 aliphatic carbocycles. The lowest BCUT2D eigenvalue weighted by atomic mass is 10.0. The Morgan fingerprint density at radius 1 is 0.489 bits per heavy atom. The van der Waals surface area contributed by atoms with Gasteiger partial charge >= 0.3 is 0 Å². The van der Waals surface area contributed by atoms with Crippen LogP contribution in [-0.2, 0) is 0 Å². The number of carbonyl (C=O) groups is 4. The van der Waals surface area contributed by atoms with E-state index in [4.69, 9.17) is 0 Å². The number of benzene rings is 4. The molecule has 0 fully saturated rings. The van der Waals surface area contributed by atoms with Crippen LogP contribution in [0, 0.1) is 0 Å². The van der Waals surface area contributed by atoms with Crippen LogP contribution >= 0.6 is 22.7 Å². The number of hydrogen-bond donors (Lipinski definition) is 2. The van der Waals surface area contributed by atoms with Crippen molar-refractivity contribution >= 4 is 86.6 Å². The van der Waals surface area contributed by atoms with Crippen LogP contribution in [0.3, 0.4) is 0 Å². The number of hydrogen-bond acceptors (Lipinski definition) is 8. The second-order valence-corrected chi connectivity index (χ2v) is 13.5. The summed E-state index contributed by atoms with van der Waals surface area (Å²) in [6.45, 7) is 3.00. The molecule has 0 saturated carbocycles. The molecule has 4 aromatic carbocycles. The molecule has 6 aromatic rings. The molecular weight excluding hydrogens is 605 g/mol. The van der Waals surface area contributed by atoms with Gasteiger partial charge in [0.1, 0.15) is 0 Å². The van der Waals surface area contributed by atoms with Gasteiger partial charge in [-0.3, -0.25) is 29.0 Å². The fraction of sp³-hybridized carbons (Fsp3) is 0.200.